The van der Waals surface area contributed by atoms with Crippen molar-refractivity contribution in [2.24, 2.45) is 5.73 Å². The largest absolute Gasteiger partial charge is 0.497 e. The van der Waals surface area contributed by atoms with Crippen LogP contribution in [0.15, 0.2) is 18.2 Å². The zero-order valence-electron chi connectivity index (χ0n) is 11.9. The van der Waals surface area contributed by atoms with Crippen LogP contribution < -0.4 is 15.2 Å². The first-order valence-electron chi connectivity index (χ1n) is 6.91. The van der Waals surface area contributed by atoms with E-state index in [2.05, 4.69) is 11.0 Å². The van der Waals surface area contributed by atoms with Gasteiger partial charge in [-0.2, -0.15) is 0 Å². The summed E-state index contributed by atoms with van der Waals surface area (Å²) in [4.78, 5) is 2.47. The predicted molar refractivity (Wildman–Crippen MR) is 76.9 cm³/mol. The Morgan fingerprint density at radius 1 is 1.21 bits per heavy atom. The highest BCUT2D eigenvalue weighted by Crippen LogP contribution is 2.24. The van der Waals surface area contributed by atoms with E-state index in [0.29, 0.717) is 6.04 Å². The van der Waals surface area contributed by atoms with Crippen LogP contribution in [-0.2, 0) is 6.42 Å². The van der Waals surface area contributed by atoms with E-state index < -0.39 is 0 Å². The van der Waals surface area contributed by atoms with Gasteiger partial charge in [0, 0.05) is 12.6 Å². The maximum absolute atomic E-state index is 5.92. The van der Waals surface area contributed by atoms with Crippen molar-refractivity contribution in [2.75, 3.05) is 33.9 Å². The molecule has 0 amide bonds. The van der Waals surface area contributed by atoms with Gasteiger partial charge in [0.25, 0.3) is 0 Å². The highest BCUT2D eigenvalue weighted by Gasteiger charge is 2.16. The summed E-state index contributed by atoms with van der Waals surface area (Å²) in [5, 5.41) is 0. The number of nitrogens with two attached hydrogens (primary N) is 1. The Hall–Kier alpha value is -1.26. The van der Waals surface area contributed by atoms with Crippen LogP contribution in [0.3, 0.4) is 0 Å². The fourth-order valence-electron chi connectivity index (χ4n) is 2.53. The summed E-state index contributed by atoms with van der Waals surface area (Å²) in [5.74, 6) is 1.82. The number of nitrogens with zero attached hydrogens (tertiary/aromatic N) is 1. The Morgan fingerprint density at radius 2 is 1.95 bits per heavy atom. The van der Waals surface area contributed by atoms with Crippen LogP contribution in [0.5, 0.6) is 11.5 Å². The number of hydrogen-bond donors (Lipinski definition) is 1. The highest BCUT2D eigenvalue weighted by atomic mass is 16.5. The third-order valence-electron chi connectivity index (χ3n) is 3.82. The summed E-state index contributed by atoms with van der Waals surface area (Å²) in [7, 11) is 3.41. The van der Waals surface area contributed by atoms with Crippen LogP contribution in [0.25, 0.3) is 0 Å². The lowest BCUT2D eigenvalue weighted by Gasteiger charge is -2.30. The molecule has 1 saturated heterocycles. The molecule has 1 fully saturated rings. The number of rotatable bonds is 5. The molecule has 1 aromatic carbocycles. The minimum atomic E-state index is 0.391. The van der Waals surface area contributed by atoms with Crippen LogP contribution >= 0.6 is 0 Å². The number of ether oxygens (including phenoxy) is 2. The first kappa shape index (κ1) is 14.2. The predicted octanol–water partition coefficient (Wildman–Crippen LogP) is 1.67. The van der Waals surface area contributed by atoms with Crippen LogP contribution in [0, 0.1) is 0 Å². The molecule has 0 saturated carbocycles. The van der Waals surface area contributed by atoms with Gasteiger partial charge in [0.15, 0.2) is 0 Å². The minimum Gasteiger partial charge on any atom is -0.497 e. The van der Waals surface area contributed by atoms with E-state index in [0.717, 1.165) is 50.4 Å². The molecule has 1 heterocycles. The molecule has 0 atom stereocenters. The second-order valence-corrected chi connectivity index (χ2v) is 5.11. The zero-order chi connectivity index (χ0) is 13.7. The third-order valence-corrected chi connectivity index (χ3v) is 3.82. The van der Waals surface area contributed by atoms with E-state index in [9.17, 15) is 0 Å². The van der Waals surface area contributed by atoms with Gasteiger partial charge < -0.3 is 20.1 Å². The minimum absolute atomic E-state index is 0.391. The number of piperidine rings is 1. The van der Waals surface area contributed by atoms with Crippen molar-refractivity contribution in [1.29, 1.82) is 0 Å². The van der Waals surface area contributed by atoms with Gasteiger partial charge in [-0.1, -0.05) is 0 Å². The van der Waals surface area contributed by atoms with Crippen molar-refractivity contribution in [3.05, 3.63) is 23.8 Å². The van der Waals surface area contributed by atoms with Crippen molar-refractivity contribution in [3.63, 3.8) is 0 Å². The van der Waals surface area contributed by atoms with Crippen LogP contribution in [0.2, 0.25) is 0 Å². The summed E-state index contributed by atoms with van der Waals surface area (Å²) in [6.45, 7) is 3.26. The summed E-state index contributed by atoms with van der Waals surface area (Å²) >= 11 is 0. The van der Waals surface area contributed by atoms with E-state index in [1.165, 1.54) is 5.56 Å². The normalized spacial score (nSPS) is 17.4. The molecule has 4 nitrogen and oxygen atoms in total. The van der Waals surface area contributed by atoms with Crippen molar-refractivity contribution in [3.8, 4) is 11.5 Å². The molecule has 4 heteroatoms. The van der Waals surface area contributed by atoms with Gasteiger partial charge in [0.05, 0.1) is 14.2 Å². The lowest BCUT2D eigenvalue weighted by molar-refractivity contribution is 0.215. The summed E-state index contributed by atoms with van der Waals surface area (Å²) in [6.07, 6.45) is 3.19. The Morgan fingerprint density at radius 3 is 2.58 bits per heavy atom. The maximum Gasteiger partial charge on any atom is 0.122 e. The second kappa shape index (κ2) is 6.78. The molecule has 19 heavy (non-hydrogen) atoms. The first-order chi connectivity index (χ1) is 9.22. The number of hydrogen-bond acceptors (Lipinski definition) is 4. The number of benzene rings is 1. The average Bonchev–Trinajstić information content (AvgIpc) is 2.46. The molecule has 0 bridgehead atoms. The molecule has 0 spiro atoms. The zero-order valence-corrected chi connectivity index (χ0v) is 11.9. The summed E-state index contributed by atoms with van der Waals surface area (Å²) < 4.78 is 10.7. The van der Waals surface area contributed by atoms with Gasteiger partial charge in [-0.3, -0.25) is 0 Å². The summed E-state index contributed by atoms with van der Waals surface area (Å²) in [6, 6.07) is 6.36. The lowest BCUT2D eigenvalue weighted by Crippen LogP contribution is -2.40. The fraction of sp³-hybridized carbons (Fsp3) is 0.600. The molecule has 1 aromatic rings. The molecule has 0 aliphatic carbocycles. The standard InChI is InChI=1S/C15H24N2O2/c1-18-14-3-4-15(19-2)12(11-14)5-8-17-9-6-13(16)7-10-17/h3-4,11,13H,5-10,16H2,1-2H3. The number of methoxy groups -OCH3 is 2. The van der Waals surface area contributed by atoms with E-state index >= 15 is 0 Å². The number of likely N-dealkylation sites (tertiary alicyclic amines) is 1. The SMILES string of the molecule is COc1ccc(OC)c(CCN2CCC(N)CC2)c1. The van der Waals surface area contributed by atoms with Crippen molar-refractivity contribution < 1.29 is 9.47 Å². The van der Waals surface area contributed by atoms with Crippen molar-refractivity contribution >= 4 is 0 Å². The molecule has 2 N–H and O–H groups in total. The van der Waals surface area contributed by atoms with Gasteiger partial charge in [0.1, 0.15) is 11.5 Å². The molecule has 0 radical (unpaired) electrons. The molecule has 1 aliphatic rings. The van der Waals surface area contributed by atoms with Crippen LogP contribution in [0.1, 0.15) is 18.4 Å². The van der Waals surface area contributed by atoms with Crippen LogP contribution in [-0.4, -0.2) is 44.8 Å². The van der Waals surface area contributed by atoms with Gasteiger partial charge in [0.2, 0.25) is 0 Å². The lowest BCUT2D eigenvalue weighted by atomic mass is 10.0. The Kier molecular flexibility index (Phi) is 5.05. The quantitative estimate of drug-likeness (QED) is 0.879. The Bertz CT molecular complexity index is 401. The molecule has 106 valence electrons. The second-order valence-electron chi connectivity index (χ2n) is 5.11. The van der Waals surface area contributed by atoms with Gasteiger partial charge in [-0.05, 0) is 56.1 Å². The van der Waals surface area contributed by atoms with Gasteiger partial charge in [-0.25, -0.2) is 0 Å². The van der Waals surface area contributed by atoms with E-state index in [1.54, 1.807) is 14.2 Å². The molecule has 0 unspecified atom stereocenters. The van der Waals surface area contributed by atoms with Gasteiger partial charge >= 0.3 is 0 Å². The Balaban J connectivity index is 1.94. The molecular formula is C15H24N2O2. The fourth-order valence-corrected chi connectivity index (χ4v) is 2.53. The van der Waals surface area contributed by atoms with Crippen molar-refractivity contribution in [2.45, 2.75) is 25.3 Å². The smallest absolute Gasteiger partial charge is 0.122 e. The first-order valence-corrected chi connectivity index (χ1v) is 6.91. The van der Waals surface area contributed by atoms with Crippen LogP contribution in [0.4, 0.5) is 0 Å². The molecular weight excluding hydrogens is 240 g/mol. The molecule has 2 rings (SSSR count). The molecule has 0 aromatic heterocycles. The third kappa shape index (κ3) is 3.85. The van der Waals surface area contributed by atoms with E-state index in [4.69, 9.17) is 15.2 Å². The maximum atomic E-state index is 5.92. The van der Waals surface area contributed by atoms with Crippen molar-refractivity contribution in [1.82, 2.24) is 4.90 Å². The van der Waals surface area contributed by atoms with Gasteiger partial charge in [-0.15, -0.1) is 0 Å². The summed E-state index contributed by atoms with van der Waals surface area (Å²) in [5.41, 5.74) is 7.13. The topological polar surface area (TPSA) is 47.7 Å². The average molecular weight is 264 g/mol. The van der Waals surface area contributed by atoms with E-state index in [-0.39, 0.29) is 0 Å². The van der Waals surface area contributed by atoms with E-state index in [1.807, 2.05) is 12.1 Å². The molecule has 1 aliphatic heterocycles. The highest BCUT2D eigenvalue weighted by molar-refractivity contribution is 5.40. The Labute approximate surface area is 115 Å². The monoisotopic (exact) mass is 264 g/mol.